The average Bonchev–Trinajstić information content (AvgIpc) is 3.47. The van der Waals surface area contributed by atoms with Crippen molar-refractivity contribution < 1.29 is 213 Å². The summed E-state index contributed by atoms with van der Waals surface area (Å²) in [6.45, 7) is -7.76. The van der Waals surface area contributed by atoms with Gasteiger partial charge in [-0.25, -0.2) is 6.29 Å². The van der Waals surface area contributed by atoms with Crippen LogP contribution in [0.2, 0.25) is 0 Å². The van der Waals surface area contributed by atoms with Gasteiger partial charge in [0.1, 0.15) is 171 Å². The standard InChI is InChI=1S/C44H71O36.Na.H2O/c45-1-2-66-9-16-37-23(58)30(65)44(73-16)79-36-15(8-51)71-42(28(63)21(36)56)77-34-13(6-49)69-40(26(61)19(34)54)75-32-11(4-47)67-38(24(59)17(32)52)74-31-10(3-46)68-39(25(60)18(31)53)76-33-12(5-48)70-41(27(62)20(33)55)78-35-14(7-50)72-43(80-37)29(64)22(35)57;;/h10-44,46-65H,2-9H2;;1H2/q-1;+1;/p-1. The van der Waals surface area contributed by atoms with Crippen LogP contribution in [0.5, 0.6) is 0 Å². The molecule has 0 amide bonds. The molecule has 0 aromatic rings. The van der Waals surface area contributed by atoms with Gasteiger partial charge in [-0.1, -0.05) is 0 Å². The van der Waals surface area contributed by atoms with Crippen LogP contribution < -0.4 is 29.6 Å². The summed E-state index contributed by atoms with van der Waals surface area (Å²) in [6.07, 6.45) is -69.2. The molecule has 21 rings (SSSR count). The van der Waals surface area contributed by atoms with Crippen molar-refractivity contribution in [1.29, 1.82) is 0 Å². The van der Waals surface area contributed by atoms with E-state index in [2.05, 4.69) is 0 Å². The smallest absolute Gasteiger partial charge is 0.870 e. The van der Waals surface area contributed by atoms with E-state index in [1.807, 2.05) is 0 Å². The Morgan fingerprint density at radius 2 is 0.427 bits per heavy atom. The number of aliphatic hydroxyl groups is 20. The number of hydrogen-bond donors (Lipinski definition) is 20. The Balaban J connectivity index is 0.00000541. The van der Waals surface area contributed by atoms with E-state index in [0.717, 1.165) is 0 Å². The van der Waals surface area contributed by atoms with Crippen LogP contribution in [0.3, 0.4) is 0 Å². The molecular formula is C44H72NaO37-. The molecule has 37 nitrogen and oxygen atoms in total. The van der Waals surface area contributed by atoms with Gasteiger partial charge >= 0.3 is 29.6 Å². The van der Waals surface area contributed by atoms with E-state index < -0.39 is 268 Å². The number of aliphatic hydroxyl groups excluding tert-OH is 20. The van der Waals surface area contributed by atoms with Gasteiger partial charge in [0.05, 0.1) is 46.2 Å². The quantitative estimate of drug-likeness (QED) is 0.0549. The molecule has 82 heavy (non-hydrogen) atoms. The second-order valence-corrected chi connectivity index (χ2v) is 20.1. The van der Waals surface area contributed by atoms with Crippen molar-refractivity contribution in [3.8, 4) is 0 Å². The first-order chi connectivity index (χ1) is 38.2. The first kappa shape index (κ1) is 70.3. The molecule has 21 fully saturated rings. The van der Waals surface area contributed by atoms with Gasteiger partial charge in [0.2, 0.25) is 0 Å². The Bertz CT molecular complexity index is 1910. The first-order valence-electron chi connectivity index (χ1n) is 25.4. The number of ether oxygens (including phenoxy) is 15. The van der Waals surface area contributed by atoms with Gasteiger partial charge in [0.25, 0.3) is 0 Å². The maximum atomic E-state index is 11.5. The van der Waals surface area contributed by atoms with E-state index in [1.54, 1.807) is 0 Å². The van der Waals surface area contributed by atoms with Crippen LogP contribution >= 0.6 is 0 Å². The van der Waals surface area contributed by atoms with Crippen molar-refractivity contribution in [2.45, 2.75) is 215 Å². The Kier molecular flexibility index (Phi) is 26.3. The minimum Gasteiger partial charge on any atom is -0.870 e. The van der Waals surface area contributed by atoms with Gasteiger partial charge in [-0.15, -0.1) is 0 Å². The van der Waals surface area contributed by atoms with Crippen LogP contribution in [0.15, 0.2) is 0 Å². The van der Waals surface area contributed by atoms with Gasteiger partial charge < -0.3 is 183 Å². The van der Waals surface area contributed by atoms with Gasteiger partial charge in [0, 0.05) is 0 Å². The van der Waals surface area contributed by atoms with E-state index >= 15 is 0 Å². The summed E-state index contributed by atoms with van der Waals surface area (Å²) in [6, 6.07) is 0. The van der Waals surface area contributed by atoms with Crippen molar-refractivity contribution in [3.05, 3.63) is 0 Å². The zero-order valence-electron chi connectivity index (χ0n) is 43.3. The molecule has 21 heterocycles. The predicted molar refractivity (Wildman–Crippen MR) is 240 cm³/mol. The molecule has 0 aliphatic carbocycles. The zero-order chi connectivity index (χ0) is 58.2. The SMILES string of the molecule is O=[C-]COCC1OC2OC3C(CO)OC(OC4C(CO)OC(OC5C(CO)OC(OC6C(CO)OC(OC7C(CO)OC(OC8C(CO)OC(OC1C(O)C2O)C(O)C8O)C(O)C7O)C(O)C6O)C(O)C5O)C(O)C4O)C(O)C3O.[Na+].[OH-]. The average molecular weight is 1220 g/mol. The van der Waals surface area contributed by atoms with Crippen LogP contribution in [-0.4, -0.2) is 382 Å². The molecule has 0 aromatic heterocycles. The summed E-state index contributed by atoms with van der Waals surface area (Å²) in [5.74, 6) is 0. The molecule has 21 aliphatic heterocycles. The molecule has 35 unspecified atom stereocenters. The van der Waals surface area contributed by atoms with Crippen LogP contribution in [0.4, 0.5) is 0 Å². The summed E-state index contributed by atoms with van der Waals surface area (Å²) < 4.78 is 85.3. The van der Waals surface area contributed by atoms with Crippen molar-refractivity contribution in [2.24, 2.45) is 0 Å². The molecule has 14 bridgehead atoms. The van der Waals surface area contributed by atoms with Crippen molar-refractivity contribution in [2.75, 3.05) is 52.9 Å². The molecule has 0 aromatic carbocycles. The summed E-state index contributed by atoms with van der Waals surface area (Å²) in [4.78, 5) is 11.1. The maximum absolute atomic E-state index is 11.5. The Morgan fingerprint density at radius 1 is 0.268 bits per heavy atom. The predicted octanol–water partition coefficient (Wildman–Crippen LogP) is -18.3. The molecule has 21 N–H and O–H groups in total. The minimum absolute atomic E-state index is 0. The molecule has 38 heteroatoms. The van der Waals surface area contributed by atoms with Crippen LogP contribution in [0.25, 0.3) is 0 Å². The maximum Gasteiger partial charge on any atom is 1.00 e. The Hall–Kier alpha value is -0.770. The van der Waals surface area contributed by atoms with Gasteiger partial charge in [-0.2, -0.15) is 0 Å². The van der Waals surface area contributed by atoms with Crippen molar-refractivity contribution in [1.82, 2.24) is 0 Å². The molecule has 35 atom stereocenters. The fourth-order valence-corrected chi connectivity index (χ4v) is 10.6. The molecular weight excluding hydrogens is 1140 g/mol. The second kappa shape index (κ2) is 30.6. The van der Waals surface area contributed by atoms with Gasteiger partial charge in [0.15, 0.2) is 44.0 Å². The third-order valence-corrected chi connectivity index (χ3v) is 15.0. The summed E-state index contributed by atoms with van der Waals surface area (Å²) in [7, 11) is 0. The summed E-state index contributed by atoms with van der Waals surface area (Å²) in [5.41, 5.74) is 0. The molecule has 472 valence electrons. The largest absolute Gasteiger partial charge is 1.00 e. The number of rotatable bonds is 10. The topological polar surface area (TPSA) is 590 Å². The monoisotopic (exact) mass is 1220 g/mol. The number of carbonyl (C=O) groups excluding carboxylic acids is 1. The van der Waals surface area contributed by atoms with E-state index in [1.165, 1.54) is 6.29 Å². The Labute approximate surface area is 485 Å². The fraction of sp³-hybridized carbons (Fsp3) is 0.977. The van der Waals surface area contributed by atoms with Crippen molar-refractivity contribution >= 4 is 6.29 Å². The molecule has 0 radical (unpaired) electrons. The minimum atomic E-state index is -2.23. The van der Waals surface area contributed by atoms with E-state index in [-0.39, 0.29) is 35.0 Å². The third-order valence-electron chi connectivity index (χ3n) is 15.0. The van der Waals surface area contributed by atoms with Crippen LogP contribution in [0, 0.1) is 0 Å². The van der Waals surface area contributed by atoms with Crippen molar-refractivity contribution in [3.63, 3.8) is 0 Å². The molecule has 0 saturated carbocycles. The van der Waals surface area contributed by atoms with E-state index in [4.69, 9.17) is 71.1 Å². The van der Waals surface area contributed by atoms with E-state index in [9.17, 15) is 107 Å². The number of hydrogen-bond acceptors (Lipinski definition) is 37. The summed E-state index contributed by atoms with van der Waals surface area (Å²) >= 11 is 0. The van der Waals surface area contributed by atoms with Gasteiger partial charge in [-0.05, 0) is 6.61 Å². The van der Waals surface area contributed by atoms with Crippen LogP contribution in [-0.2, 0) is 75.8 Å². The molecule has 21 saturated heterocycles. The first-order valence-corrected chi connectivity index (χ1v) is 25.4. The van der Waals surface area contributed by atoms with E-state index in [0.29, 0.717) is 0 Å². The normalized spacial score (nSPS) is 52.4. The van der Waals surface area contributed by atoms with Gasteiger partial charge in [-0.3, -0.25) is 0 Å². The third kappa shape index (κ3) is 14.3. The Morgan fingerprint density at radius 3 is 0.585 bits per heavy atom. The summed E-state index contributed by atoms with van der Waals surface area (Å²) in [5, 5.41) is 221. The second-order valence-electron chi connectivity index (χ2n) is 20.1. The van der Waals surface area contributed by atoms with Crippen LogP contribution in [0.1, 0.15) is 0 Å². The molecule has 21 aliphatic rings. The molecule has 0 spiro atoms. The zero-order valence-corrected chi connectivity index (χ0v) is 45.3. The fourth-order valence-electron chi connectivity index (χ4n) is 10.6.